The van der Waals surface area contributed by atoms with Crippen molar-refractivity contribution in [2.75, 3.05) is 12.3 Å². The van der Waals surface area contributed by atoms with Gasteiger partial charge in [-0.2, -0.15) is 5.10 Å². The van der Waals surface area contributed by atoms with Crippen LogP contribution in [0.3, 0.4) is 0 Å². The molecule has 0 bridgehead atoms. The number of nitrogen functional groups attached to an aromatic ring is 1. The van der Waals surface area contributed by atoms with Gasteiger partial charge >= 0.3 is 0 Å². The molecule has 1 fully saturated rings. The molecule has 2 N–H and O–H groups in total. The molecule has 1 aliphatic carbocycles. The largest absolute Gasteiger partial charge is 0.395 e. The Morgan fingerprint density at radius 1 is 1.53 bits per heavy atom. The highest BCUT2D eigenvalue weighted by Crippen LogP contribution is 2.30. The van der Waals surface area contributed by atoms with Crippen molar-refractivity contribution in [3.8, 4) is 0 Å². The van der Waals surface area contributed by atoms with Gasteiger partial charge in [-0.25, -0.2) is 0 Å². The van der Waals surface area contributed by atoms with Crippen LogP contribution in [0.4, 0.5) is 5.69 Å². The molecule has 1 heterocycles. The standard InChI is InChI=1S/C14H24N4O/c1-5-11-12(15)13(17(4)16-11)14(19)18(8-9(2)3)10-6-7-10/h9-10H,5-8,15H2,1-4H3. The maximum absolute atomic E-state index is 12.7. The van der Waals surface area contributed by atoms with Gasteiger partial charge in [-0.1, -0.05) is 20.8 Å². The Hall–Kier alpha value is -1.52. The zero-order valence-corrected chi connectivity index (χ0v) is 12.3. The number of hydrogen-bond donors (Lipinski definition) is 1. The summed E-state index contributed by atoms with van der Waals surface area (Å²) in [6, 6.07) is 0.397. The molecular formula is C14H24N4O. The Morgan fingerprint density at radius 2 is 2.16 bits per heavy atom. The molecule has 1 saturated carbocycles. The Balaban J connectivity index is 2.28. The summed E-state index contributed by atoms with van der Waals surface area (Å²) in [6.45, 7) is 7.05. The summed E-state index contributed by atoms with van der Waals surface area (Å²) in [5, 5.41) is 4.34. The third-order valence-electron chi connectivity index (χ3n) is 3.51. The van der Waals surface area contributed by atoms with E-state index < -0.39 is 0 Å². The molecule has 2 rings (SSSR count). The zero-order chi connectivity index (χ0) is 14.2. The number of nitrogens with two attached hydrogens (primary N) is 1. The number of carbonyl (C=O) groups is 1. The predicted molar refractivity (Wildman–Crippen MR) is 75.9 cm³/mol. The van der Waals surface area contributed by atoms with Crippen LogP contribution in [-0.4, -0.2) is 33.2 Å². The summed E-state index contributed by atoms with van der Waals surface area (Å²) in [7, 11) is 1.79. The van der Waals surface area contributed by atoms with Crippen LogP contribution in [-0.2, 0) is 13.5 Å². The molecule has 106 valence electrons. The molecule has 19 heavy (non-hydrogen) atoms. The zero-order valence-electron chi connectivity index (χ0n) is 12.3. The summed E-state index contributed by atoms with van der Waals surface area (Å²) in [4.78, 5) is 14.7. The van der Waals surface area contributed by atoms with Crippen LogP contribution in [0.25, 0.3) is 0 Å². The molecule has 0 aromatic carbocycles. The van der Waals surface area contributed by atoms with E-state index in [1.54, 1.807) is 11.7 Å². The molecule has 1 aliphatic rings. The van der Waals surface area contributed by atoms with Crippen LogP contribution in [0, 0.1) is 5.92 Å². The van der Waals surface area contributed by atoms with Crippen molar-refractivity contribution in [1.82, 2.24) is 14.7 Å². The van der Waals surface area contributed by atoms with E-state index in [1.165, 1.54) is 0 Å². The molecule has 0 radical (unpaired) electrons. The molecule has 1 amide bonds. The molecule has 0 aliphatic heterocycles. The second-order valence-corrected chi connectivity index (χ2v) is 5.77. The smallest absolute Gasteiger partial charge is 0.274 e. The lowest BCUT2D eigenvalue weighted by Crippen LogP contribution is -2.37. The second-order valence-electron chi connectivity index (χ2n) is 5.77. The summed E-state index contributed by atoms with van der Waals surface area (Å²) in [5.41, 5.74) is 7.98. The molecule has 0 spiro atoms. The highest BCUT2D eigenvalue weighted by atomic mass is 16.2. The number of amides is 1. The highest BCUT2D eigenvalue weighted by Gasteiger charge is 2.35. The van der Waals surface area contributed by atoms with E-state index >= 15 is 0 Å². The number of aromatic nitrogens is 2. The van der Waals surface area contributed by atoms with E-state index in [1.807, 2.05) is 11.8 Å². The molecular weight excluding hydrogens is 240 g/mol. The Labute approximate surface area is 114 Å². The summed E-state index contributed by atoms with van der Waals surface area (Å²) in [5.74, 6) is 0.494. The summed E-state index contributed by atoms with van der Waals surface area (Å²) >= 11 is 0. The molecule has 0 unspecified atom stereocenters. The number of carbonyl (C=O) groups excluding carboxylic acids is 1. The van der Waals surface area contributed by atoms with Crippen molar-refractivity contribution in [2.24, 2.45) is 13.0 Å². The number of aryl methyl sites for hydroxylation is 2. The van der Waals surface area contributed by atoms with Crippen LogP contribution in [0.1, 0.15) is 49.8 Å². The lowest BCUT2D eigenvalue weighted by Gasteiger charge is -2.24. The van der Waals surface area contributed by atoms with Gasteiger partial charge in [-0.15, -0.1) is 0 Å². The second kappa shape index (κ2) is 5.23. The lowest BCUT2D eigenvalue weighted by atomic mass is 10.1. The van der Waals surface area contributed by atoms with E-state index in [2.05, 4.69) is 18.9 Å². The first-order valence-electron chi connectivity index (χ1n) is 7.08. The van der Waals surface area contributed by atoms with Crippen molar-refractivity contribution in [3.05, 3.63) is 11.4 Å². The maximum atomic E-state index is 12.7. The van der Waals surface area contributed by atoms with Gasteiger partial charge in [-0.05, 0) is 25.2 Å². The average Bonchev–Trinajstić information content (AvgIpc) is 3.12. The molecule has 0 atom stereocenters. The van der Waals surface area contributed by atoms with Crippen LogP contribution in [0.2, 0.25) is 0 Å². The number of hydrogen-bond acceptors (Lipinski definition) is 3. The summed E-state index contributed by atoms with van der Waals surface area (Å²) < 4.78 is 1.63. The summed E-state index contributed by atoms with van der Waals surface area (Å²) in [6.07, 6.45) is 2.97. The van der Waals surface area contributed by atoms with Crippen LogP contribution < -0.4 is 5.73 Å². The fourth-order valence-electron chi connectivity index (χ4n) is 2.42. The quantitative estimate of drug-likeness (QED) is 0.882. The minimum atomic E-state index is 0.0309. The van der Waals surface area contributed by atoms with Gasteiger partial charge in [-0.3, -0.25) is 9.48 Å². The van der Waals surface area contributed by atoms with Gasteiger partial charge in [0.2, 0.25) is 0 Å². The first-order valence-corrected chi connectivity index (χ1v) is 7.08. The molecule has 1 aromatic rings. The average molecular weight is 264 g/mol. The molecule has 1 aromatic heterocycles. The van der Waals surface area contributed by atoms with Crippen molar-refractivity contribution < 1.29 is 4.79 Å². The Kier molecular flexibility index (Phi) is 3.83. The van der Waals surface area contributed by atoms with Crippen molar-refractivity contribution in [2.45, 2.75) is 46.1 Å². The van der Waals surface area contributed by atoms with Crippen LogP contribution in [0.15, 0.2) is 0 Å². The highest BCUT2D eigenvalue weighted by molar-refractivity contribution is 5.98. The Morgan fingerprint density at radius 3 is 2.58 bits per heavy atom. The predicted octanol–water partition coefficient (Wildman–Crippen LogP) is 1.83. The first-order chi connectivity index (χ1) is 8.95. The minimum Gasteiger partial charge on any atom is -0.395 e. The van der Waals surface area contributed by atoms with Crippen molar-refractivity contribution >= 4 is 11.6 Å². The lowest BCUT2D eigenvalue weighted by molar-refractivity contribution is 0.0712. The minimum absolute atomic E-state index is 0.0309. The topological polar surface area (TPSA) is 64.2 Å². The number of nitrogens with zero attached hydrogens (tertiary/aromatic N) is 3. The van der Waals surface area contributed by atoms with E-state index in [4.69, 9.17) is 5.73 Å². The molecule has 0 saturated heterocycles. The van der Waals surface area contributed by atoms with Crippen LogP contribution >= 0.6 is 0 Å². The van der Waals surface area contributed by atoms with Gasteiger partial charge in [0, 0.05) is 19.6 Å². The molecule has 5 nitrogen and oxygen atoms in total. The van der Waals surface area contributed by atoms with E-state index in [9.17, 15) is 4.79 Å². The van der Waals surface area contributed by atoms with Gasteiger partial charge in [0.05, 0.1) is 11.4 Å². The number of anilines is 1. The van der Waals surface area contributed by atoms with E-state index in [-0.39, 0.29) is 5.91 Å². The first kappa shape index (κ1) is 13.9. The molecule has 5 heteroatoms. The van der Waals surface area contributed by atoms with Crippen LogP contribution in [0.5, 0.6) is 0 Å². The fourth-order valence-corrected chi connectivity index (χ4v) is 2.42. The normalized spacial score (nSPS) is 15.0. The fraction of sp³-hybridized carbons (Fsp3) is 0.714. The van der Waals surface area contributed by atoms with Gasteiger partial charge in [0.15, 0.2) is 0 Å². The SMILES string of the molecule is CCc1nn(C)c(C(=O)N(CC(C)C)C2CC2)c1N. The van der Waals surface area contributed by atoms with Crippen molar-refractivity contribution in [3.63, 3.8) is 0 Å². The Bertz CT molecular complexity index is 474. The van der Waals surface area contributed by atoms with Gasteiger partial charge in [0.25, 0.3) is 5.91 Å². The monoisotopic (exact) mass is 264 g/mol. The van der Waals surface area contributed by atoms with Gasteiger partial charge in [0.1, 0.15) is 5.69 Å². The van der Waals surface area contributed by atoms with E-state index in [0.29, 0.717) is 23.3 Å². The number of rotatable bonds is 5. The van der Waals surface area contributed by atoms with Gasteiger partial charge < -0.3 is 10.6 Å². The van der Waals surface area contributed by atoms with Crippen molar-refractivity contribution in [1.29, 1.82) is 0 Å². The third kappa shape index (κ3) is 2.74. The maximum Gasteiger partial charge on any atom is 0.274 e. The van der Waals surface area contributed by atoms with E-state index in [0.717, 1.165) is 31.5 Å². The third-order valence-corrected chi connectivity index (χ3v) is 3.51.